The second-order valence-electron chi connectivity index (χ2n) is 8.63. The van der Waals surface area contributed by atoms with Crippen LogP contribution in [0.4, 0.5) is 0 Å². The summed E-state index contributed by atoms with van der Waals surface area (Å²) in [5.74, 6) is 0.816. The third-order valence-corrected chi connectivity index (χ3v) is 6.27. The molecule has 132 valence electrons. The van der Waals surface area contributed by atoms with Gasteiger partial charge in [-0.1, -0.05) is 24.3 Å². The van der Waals surface area contributed by atoms with Crippen molar-refractivity contribution in [2.24, 2.45) is 5.92 Å². The van der Waals surface area contributed by atoms with Gasteiger partial charge in [-0.3, -0.25) is 4.90 Å². The number of fused-ring (bicyclic) bond motifs is 1. The summed E-state index contributed by atoms with van der Waals surface area (Å²) >= 11 is 0. The van der Waals surface area contributed by atoms with Gasteiger partial charge in [0.15, 0.2) is 0 Å². The maximum atomic E-state index is 5.87. The summed E-state index contributed by atoms with van der Waals surface area (Å²) in [6.45, 7) is 11.7. The first-order chi connectivity index (χ1) is 11.6. The van der Waals surface area contributed by atoms with Crippen LogP contribution in [0.15, 0.2) is 24.3 Å². The molecule has 0 aromatic heterocycles. The maximum absolute atomic E-state index is 5.87. The Kier molecular flexibility index (Phi) is 4.68. The first-order valence-corrected chi connectivity index (χ1v) is 9.76. The molecule has 2 heterocycles. The minimum atomic E-state index is 0.0837. The van der Waals surface area contributed by atoms with Crippen molar-refractivity contribution in [3.8, 4) is 0 Å². The van der Waals surface area contributed by atoms with E-state index < -0.39 is 0 Å². The molecule has 1 aliphatic carbocycles. The number of benzene rings is 1. The molecule has 0 saturated carbocycles. The summed E-state index contributed by atoms with van der Waals surface area (Å²) in [5, 5.41) is 0. The van der Waals surface area contributed by atoms with Crippen molar-refractivity contribution in [2.45, 2.75) is 51.2 Å². The van der Waals surface area contributed by atoms with Gasteiger partial charge < -0.3 is 9.64 Å². The zero-order valence-corrected chi connectivity index (χ0v) is 15.3. The van der Waals surface area contributed by atoms with E-state index in [-0.39, 0.29) is 5.60 Å². The molecule has 0 unspecified atom stereocenters. The Morgan fingerprint density at radius 1 is 1.04 bits per heavy atom. The van der Waals surface area contributed by atoms with Crippen LogP contribution in [-0.4, -0.2) is 60.8 Å². The monoisotopic (exact) mass is 328 g/mol. The van der Waals surface area contributed by atoms with E-state index in [0.717, 1.165) is 18.6 Å². The van der Waals surface area contributed by atoms with E-state index in [1.807, 2.05) is 0 Å². The number of rotatable bonds is 3. The number of hydrogen-bond acceptors (Lipinski definition) is 3. The van der Waals surface area contributed by atoms with Crippen molar-refractivity contribution in [2.75, 3.05) is 39.3 Å². The van der Waals surface area contributed by atoms with Crippen molar-refractivity contribution >= 4 is 0 Å². The van der Waals surface area contributed by atoms with Crippen LogP contribution in [0.3, 0.4) is 0 Å². The predicted octanol–water partition coefficient (Wildman–Crippen LogP) is 2.98. The van der Waals surface area contributed by atoms with Gasteiger partial charge in [0.25, 0.3) is 0 Å². The van der Waals surface area contributed by atoms with Crippen molar-refractivity contribution in [3.05, 3.63) is 35.4 Å². The molecule has 3 heteroatoms. The molecule has 2 fully saturated rings. The first-order valence-electron chi connectivity index (χ1n) is 9.76. The quantitative estimate of drug-likeness (QED) is 0.848. The molecule has 3 nitrogen and oxygen atoms in total. The average Bonchev–Trinajstić information content (AvgIpc) is 2.98. The largest absolute Gasteiger partial charge is 0.376 e. The van der Waals surface area contributed by atoms with Gasteiger partial charge in [0.1, 0.15) is 0 Å². The lowest BCUT2D eigenvalue weighted by Crippen LogP contribution is -2.52. The van der Waals surface area contributed by atoms with E-state index >= 15 is 0 Å². The molecule has 0 radical (unpaired) electrons. The molecule has 1 aromatic rings. The van der Waals surface area contributed by atoms with Crippen LogP contribution in [-0.2, 0) is 17.6 Å². The number of piperazine rings is 1. The fraction of sp³-hybridized carbons (Fsp3) is 0.714. The second-order valence-corrected chi connectivity index (χ2v) is 8.63. The molecule has 0 N–H and O–H groups in total. The number of nitrogens with zero attached hydrogens (tertiary/aromatic N) is 2. The van der Waals surface area contributed by atoms with E-state index in [9.17, 15) is 0 Å². The topological polar surface area (TPSA) is 15.7 Å². The average molecular weight is 329 g/mol. The van der Waals surface area contributed by atoms with Crippen molar-refractivity contribution in [1.29, 1.82) is 0 Å². The molecular formula is C21H32N2O. The van der Waals surface area contributed by atoms with Crippen LogP contribution in [0.2, 0.25) is 0 Å². The first kappa shape index (κ1) is 16.6. The zero-order chi connectivity index (χ0) is 16.6. The minimum absolute atomic E-state index is 0.0837. The maximum Gasteiger partial charge on any atom is 0.0629 e. The molecular weight excluding hydrogens is 296 g/mol. The van der Waals surface area contributed by atoms with Gasteiger partial charge in [0.2, 0.25) is 0 Å². The number of hydrogen-bond donors (Lipinski definition) is 0. The highest BCUT2D eigenvalue weighted by molar-refractivity contribution is 5.33. The van der Waals surface area contributed by atoms with Crippen LogP contribution in [0.5, 0.6) is 0 Å². The number of ether oxygens (including phenoxy) is 1. The van der Waals surface area contributed by atoms with Gasteiger partial charge in [-0.25, -0.2) is 0 Å². The minimum Gasteiger partial charge on any atom is -0.376 e. The third kappa shape index (κ3) is 3.68. The van der Waals surface area contributed by atoms with Gasteiger partial charge in [0.05, 0.1) is 5.60 Å². The van der Waals surface area contributed by atoms with Crippen LogP contribution in [0.1, 0.15) is 37.8 Å². The molecule has 0 bridgehead atoms. The molecule has 2 aliphatic heterocycles. The highest BCUT2D eigenvalue weighted by atomic mass is 16.5. The Hall–Kier alpha value is -0.900. The normalized spacial score (nSPS) is 28.8. The Morgan fingerprint density at radius 3 is 2.33 bits per heavy atom. The van der Waals surface area contributed by atoms with E-state index in [4.69, 9.17) is 4.74 Å². The van der Waals surface area contributed by atoms with Gasteiger partial charge in [0, 0.05) is 45.4 Å². The summed E-state index contributed by atoms with van der Waals surface area (Å²) in [5.41, 5.74) is 3.24. The molecule has 3 aliphatic rings. The van der Waals surface area contributed by atoms with Crippen LogP contribution >= 0.6 is 0 Å². The van der Waals surface area contributed by atoms with Crippen LogP contribution in [0.25, 0.3) is 0 Å². The Bertz CT molecular complexity index is 538. The molecule has 1 atom stereocenters. The second kappa shape index (κ2) is 6.78. The summed E-state index contributed by atoms with van der Waals surface area (Å²) < 4.78 is 5.87. The summed E-state index contributed by atoms with van der Waals surface area (Å²) in [6, 6.07) is 9.76. The lowest BCUT2D eigenvalue weighted by molar-refractivity contribution is -0.0784. The fourth-order valence-electron chi connectivity index (χ4n) is 4.98. The van der Waals surface area contributed by atoms with E-state index in [1.54, 1.807) is 11.1 Å². The Morgan fingerprint density at radius 2 is 1.71 bits per heavy atom. The highest BCUT2D eigenvalue weighted by Gasteiger charge is 2.32. The van der Waals surface area contributed by atoms with Crippen LogP contribution < -0.4 is 0 Å². The lowest BCUT2D eigenvalue weighted by atomic mass is 9.88. The predicted molar refractivity (Wildman–Crippen MR) is 98.4 cm³/mol. The standard InChI is InChI=1S/C21H32N2O/c1-21(2)15-17(7-12-24-21)16-22-8-10-23(11-9-22)20-13-18-5-3-4-6-19(18)14-20/h3-6,17,20H,7-16H2,1-2H3/t17-/m1/s1. The van der Waals surface area contributed by atoms with Gasteiger partial charge >= 0.3 is 0 Å². The third-order valence-electron chi connectivity index (χ3n) is 6.27. The van der Waals surface area contributed by atoms with E-state index in [1.165, 1.54) is 58.4 Å². The van der Waals surface area contributed by atoms with Gasteiger partial charge in [-0.15, -0.1) is 0 Å². The molecule has 0 amide bonds. The smallest absolute Gasteiger partial charge is 0.0629 e. The fourth-order valence-corrected chi connectivity index (χ4v) is 4.98. The highest BCUT2D eigenvalue weighted by Crippen LogP contribution is 2.30. The summed E-state index contributed by atoms with van der Waals surface area (Å²) in [4.78, 5) is 5.44. The van der Waals surface area contributed by atoms with E-state index in [0.29, 0.717) is 0 Å². The lowest BCUT2D eigenvalue weighted by Gasteiger charge is -2.42. The van der Waals surface area contributed by atoms with Crippen molar-refractivity contribution in [1.82, 2.24) is 9.80 Å². The molecule has 4 rings (SSSR count). The Labute approximate surface area is 147 Å². The van der Waals surface area contributed by atoms with Crippen molar-refractivity contribution < 1.29 is 4.74 Å². The van der Waals surface area contributed by atoms with Crippen molar-refractivity contribution in [3.63, 3.8) is 0 Å². The zero-order valence-electron chi connectivity index (χ0n) is 15.3. The van der Waals surface area contributed by atoms with Crippen LogP contribution in [0, 0.1) is 5.92 Å². The molecule has 2 saturated heterocycles. The summed E-state index contributed by atoms with van der Waals surface area (Å²) in [7, 11) is 0. The van der Waals surface area contributed by atoms with Gasteiger partial charge in [-0.05, 0) is 56.6 Å². The summed E-state index contributed by atoms with van der Waals surface area (Å²) in [6.07, 6.45) is 4.96. The molecule has 24 heavy (non-hydrogen) atoms. The Balaban J connectivity index is 1.26. The van der Waals surface area contributed by atoms with E-state index in [2.05, 4.69) is 47.9 Å². The SMILES string of the molecule is CC1(C)C[C@H](CN2CCN(C3Cc4ccccc4C3)CC2)CCO1. The molecule has 1 aromatic carbocycles. The molecule has 0 spiro atoms. The van der Waals surface area contributed by atoms with Gasteiger partial charge in [-0.2, -0.15) is 0 Å².